The first-order valence-electron chi connectivity index (χ1n) is 7.29. The van der Waals surface area contributed by atoms with Crippen molar-refractivity contribution in [1.29, 1.82) is 0 Å². The fraction of sp³-hybridized carbons (Fsp3) is 0.438. The molecule has 1 aliphatic rings. The molecular weight excluding hydrogens is 273 g/mol. The van der Waals surface area contributed by atoms with Gasteiger partial charge in [-0.05, 0) is 25.0 Å². The molecule has 2 atom stereocenters. The maximum absolute atomic E-state index is 13.6. The number of rotatable bonds is 3. The van der Waals surface area contributed by atoms with Crippen molar-refractivity contribution in [3.05, 3.63) is 35.8 Å². The van der Waals surface area contributed by atoms with Gasteiger partial charge in [0.05, 0.1) is 0 Å². The number of benzene rings is 1. The first-order valence-corrected chi connectivity index (χ1v) is 7.29. The molecule has 0 bridgehead atoms. The summed E-state index contributed by atoms with van der Waals surface area (Å²) in [6.45, 7) is 0.0692. The molecule has 1 heterocycles. The van der Waals surface area contributed by atoms with E-state index in [1.165, 1.54) is 6.07 Å². The second-order valence-corrected chi connectivity index (χ2v) is 5.58. The third kappa shape index (κ3) is 2.78. The molecule has 2 aromatic rings. The highest BCUT2D eigenvalue weighted by Crippen LogP contribution is 2.26. The second kappa shape index (κ2) is 5.85. The molecule has 1 saturated carbocycles. The molecule has 3 rings (SSSR count). The van der Waals surface area contributed by atoms with Gasteiger partial charge >= 0.3 is 0 Å². The summed E-state index contributed by atoms with van der Waals surface area (Å²) in [6, 6.07) is 6.09. The van der Waals surface area contributed by atoms with E-state index in [4.69, 9.17) is 4.42 Å². The zero-order chi connectivity index (χ0) is 14.8. The van der Waals surface area contributed by atoms with Crippen LogP contribution >= 0.6 is 0 Å². The first-order chi connectivity index (χ1) is 10.2. The van der Waals surface area contributed by atoms with Gasteiger partial charge in [-0.1, -0.05) is 25.0 Å². The normalized spacial score (nSPS) is 22.4. The Morgan fingerprint density at radius 3 is 2.95 bits per heavy atom. The molecule has 4 nitrogen and oxygen atoms in total. The summed E-state index contributed by atoms with van der Waals surface area (Å²) in [4.78, 5) is 12.2. The standard InChI is InChI=1S/C16H18FNO3/c17-12-6-3-5-10-8-14(21-15(10)12)16(20)18-13-7-2-1-4-11(13)9-19/h3,5-6,8,11,13,19H,1-2,4,7,9H2,(H,18,20). The largest absolute Gasteiger partial charge is 0.448 e. The number of furan rings is 1. The lowest BCUT2D eigenvalue weighted by Crippen LogP contribution is -2.43. The van der Waals surface area contributed by atoms with E-state index in [-0.39, 0.29) is 35.8 Å². The van der Waals surface area contributed by atoms with Crippen LogP contribution in [0.2, 0.25) is 0 Å². The van der Waals surface area contributed by atoms with Gasteiger partial charge in [0.2, 0.25) is 0 Å². The summed E-state index contributed by atoms with van der Waals surface area (Å²) in [5, 5.41) is 12.8. The van der Waals surface area contributed by atoms with Gasteiger partial charge in [0, 0.05) is 24.0 Å². The molecule has 0 spiro atoms. The average molecular weight is 291 g/mol. The third-order valence-corrected chi connectivity index (χ3v) is 4.18. The maximum Gasteiger partial charge on any atom is 0.287 e. The lowest BCUT2D eigenvalue weighted by Gasteiger charge is -2.30. The van der Waals surface area contributed by atoms with Crippen LogP contribution in [0, 0.1) is 11.7 Å². The highest BCUT2D eigenvalue weighted by molar-refractivity contribution is 5.96. The number of hydrogen-bond donors (Lipinski definition) is 2. The van der Waals surface area contributed by atoms with E-state index in [0.717, 1.165) is 25.7 Å². The van der Waals surface area contributed by atoms with Crippen molar-refractivity contribution in [2.45, 2.75) is 31.7 Å². The summed E-state index contributed by atoms with van der Waals surface area (Å²) in [5.41, 5.74) is 0.102. The van der Waals surface area contributed by atoms with E-state index in [1.807, 2.05) is 0 Å². The van der Waals surface area contributed by atoms with Crippen LogP contribution in [0.25, 0.3) is 11.0 Å². The monoisotopic (exact) mass is 291 g/mol. The lowest BCUT2D eigenvalue weighted by atomic mass is 9.85. The summed E-state index contributed by atoms with van der Waals surface area (Å²) in [5.74, 6) is -0.630. The lowest BCUT2D eigenvalue weighted by molar-refractivity contribution is 0.0847. The maximum atomic E-state index is 13.6. The third-order valence-electron chi connectivity index (χ3n) is 4.18. The Balaban J connectivity index is 1.78. The second-order valence-electron chi connectivity index (χ2n) is 5.58. The van der Waals surface area contributed by atoms with Gasteiger partial charge < -0.3 is 14.8 Å². The van der Waals surface area contributed by atoms with E-state index < -0.39 is 5.82 Å². The molecule has 1 amide bonds. The molecular formula is C16H18FNO3. The average Bonchev–Trinajstić information content (AvgIpc) is 2.93. The highest BCUT2D eigenvalue weighted by Gasteiger charge is 2.27. The molecule has 1 aromatic heterocycles. The molecule has 1 aliphatic carbocycles. The Hall–Kier alpha value is -1.88. The van der Waals surface area contributed by atoms with Gasteiger partial charge in [0.15, 0.2) is 17.2 Å². The number of carbonyl (C=O) groups excluding carboxylic acids is 1. The fourth-order valence-corrected chi connectivity index (χ4v) is 3.00. The first kappa shape index (κ1) is 14.1. The SMILES string of the molecule is O=C(NC1CCCCC1CO)c1cc2cccc(F)c2o1. The molecule has 1 fully saturated rings. The van der Waals surface area contributed by atoms with Gasteiger partial charge in [-0.25, -0.2) is 4.39 Å². The number of aliphatic hydroxyl groups is 1. The van der Waals surface area contributed by atoms with Crippen molar-refractivity contribution >= 4 is 16.9 Å². The summed E-state index contributed by atoms with van der Waals surface area (Å²) < 4.78 is 18.9. The Morgan fingerprint density at radius 2 is 2.19 bits per heavy atom. The zero-order valence-corrected chi connectivity index (χ0v) is 11.6. The van der Waals surface area contributed by atoms with Crippen LogP contribution in [-0.2, 0) is 0 Å². The number of hydrogen-bond acceptors (Lipinski definition) is 3. The molecule has 1 aromatic carbocycles. The Bertz CT molecular complexity index is 652. The number of fused-ring (bicyclic) bond motifs is 1. The van der Waals surface area contributed by atoms with Crippen molar-refractivity contribution in [1.82, 2.24) is 5.32 Å². The van der Waals surface area contributed by atoms with E-state index in [0.29, 0.717) is 5.39 Å². The predicted molar refractivity (Wildman–Crippen MR) is 76.5 cm³/mol. The summed E-state index contributed by atoms with van der Waals surface area (Å²) in [6.07, 6.45) is 3.88. The van der Waals surface area contributed by atoms with Gasteiger partial charge in [0.1, 0.15) is 0 Å². The van der Waals surface area contributed by atoms with Crippen LogP contribution < -0.4 is 5.32 Å². The van der Waals surface area contributed by atoms with E-state index >= 15 is 0 Å². The number of halogens is 1. The van der Waals surface area contributed by atoms with Crippen LogP contribution in [0.4, 0.5) is 4.39 Å². The molecule has 21 heavy (non-hydrogen) atoms. The van der Waals surface area contributed by atoms with E-state index in [9.17, 15) is 14.3 Å². The Labute approximate surface area is 121 Å². The summed E-state index contributed by atoms with van der Waals surface area (Å²) in [7, 11) is 0. The number of aliphatic hydroxyl groups excluding tert-OH is 1. The predicted octanol–water partition coefficient (Wildman–Crippen LogP) is 2.85. The number of para-hydroxylation sites is 1. The minimum Gasteiger partial charge on any atom is -0.448 e. The van der Waals surface area contributed by atoms with Gasteiger partial charge in [-0.2, -0.15) is 0 Å². The van der Waals surface area contributed by atoms with E-state index in [2.05, 4.69) is 5.32 Å². The van der Waals surface area contributed by atoms with Crippen LogP contribution in [-0.4, -0.2) is 23.7 Å². The Morgan fingerprint density at radius 1 is 1.38 bits per heavy atom. The molecule has 5 heteroatoms. The van der Waals surface area contributed by atoms with Gasteiger partial charge in [-0.3, -0.25) is 4.79 Å². The highest BCUT2D eigenvalue weighted by atomic mass is 19.1. The van der Waals surface area contributed by atoms with Crippen molar-refractivity contribution in [2.24, 2.45) is 5.92 Å². The van der Waals surface area contributed by atoms with Gasteiger partial charge in [-0.15, -0.1) is 0 Å². The zero-order valence-electron chi connectivity index (χ0n) is 11.6. The fourth-order valence-electron chi connectivity index (χ4n) is 3.00. The molecule has 2 N–H and O–H groups in total. The van der Waals surface area contributed by atoms with E-state index in [1.54, 1.807) is 18.2 Å². The molecule has 112 valence electrons. The van der Waals surface area contributed by atoms with Crippen LogP contribution in [0.1, 0.15) is 36.2 Å². The number of nitrogens with one attached hydrogen (secondary N) is 1. The topological polar surface area (TPSA) is 62.5 Å². The smallest absolute Gasteiger partial charge is 0.287 e. The van der Waals surface area contributed by atoms with Crippen LogP contribution in [0.5, 0.6) is 0 Å². The van der Waals surface area contributed by atoms with Gasteiger partial charge in [0.25, 0.3) is 5.91 Å². The minimum absolute atomic E-state index is 0.0469. The quantitative estimate of drug-likeness (QED) is 0.914. The number of amides is 1. The molecule has 2 unspecified atom stereocenters. The van der Waals surface area contributed by atoms with Crippen molar-refractivity contribution in [3.8, 4) is 0 Å². The summed E-state index contributed by atoms with van der Waals surface area (Å²) >= 11 is 0. The van der Waals surface area contributed by atoms with Crippen LogP contribution in [0.15, 0.2) is 28.7 Å². The minimum atomic E-state index is -0.475. The molecule has 0 saturated heterocycles. The number of carbonyl (C=O) groups is 1. The van der Waals surface area contributed by atoms with Crippen molar-refractivity contribution in [3.63, 3.8) is 0 Å². The molecule has 0 aliphatic heterocycles. The van der Waals surface area contributed by atoms with Crippen molar-refractivity contribution in [2.75, 3.05) is 6.61 Å². The Kier molecular flexibility index (Phi) is 3.92. The van der Waals surface area contributed by atoms with Crippen molar-refractivity contribution < 1.29 is 18.7 Å². The molecule has 0 radical (unpaired) electrons. The van der Waals surface area contributed by atoms with Crippen LogP contribution in [0.3, 0.4) is 0 Å².